The fourth-order valence-electron chi connectivity index (χ4n) is 2.15. The molecule has 1 aromatic carbocycles. The molecule has 21 heavy (non-hydrogen) atoms. The molecule has 0 saturated carbocycles. The minimum absolute atomic E-state index is 0.286. The summed E-state index contributed by atoms with van der Waals surface area (Å²) >= 11 is 0. The first-order valence-electron chi connectivity index (χ1n) is 7.32. The van der Waals surface area contributed by atoms with E-state index in [1.54, 1.807) is 13.2 Å². The van der Waals surface area contributed by atoms with E-state index >= 15 is 0 Å². The Morgan fingerprint density at radius 3 is 2.05 bits per heavy atom. The van der Waals surface area contributed by atoms with Crippen LogP contribution in [-0.2, 0) is 4.74 Å². The van der Waals surface area contributed by atoms with Crippen molar-refractivity contribution in [3.8, 4) is 5.75 Å². The summed E-state index contributed by atoms with van der Waals surface area (Å²) in [6.45, 7) is 12.0. The van der Waals surface area contributed by atoms with E-state index in [9.17, 15) is 5.11 Å². The summed E-state index contributed by atoms with van der Waals surface area (Å²) in [6, 6.07) is 4.08. The molecule has 1 rings (SSSR count). The molecule has 0 aliphatic heterocycles. The van der Waals surface area contributed by atoms with Crippen molar-refractivity contribution in [2.45, 2.75) is 39.5 Å². The number of hydrogen-bond acceptors (Lipinski definition) is 2. The second-order valence-corrected chi connectivity index (χ2v) is 5.69. The summed E-state index contributed by atoms with van der Waals surface area (Å²) in [6.07, 6.45) is 7.48. The molecule has 1 aromatic rings. The van der Waals surface area contributed by atoms with Crippen molar-refractivity contribution >= 4 is 6.08 Å². The highest BCUT2D eigenvalue weighted by Crippen LogP contribution is 2.35. The molecule has 0 bridgehead atoms. The Hall–Kier alpha value is -1.96. The van der Waals surface area contributed by atoms with Crippen LogP contribution in [0.25, 0.3) is 6.08 Å². The van der Waals surface area contributed by atoms with E-state index < -0.39 is 0 Å². The molecule has 0 atom stereocenters. The molecule has 0 radical (unpaired) electrons. The SMILES string of the molecule is C=C/C(=C\C=C\c1cc(C(C)C)c(O)c(C(C)C)c1)OC. The maximum Gasteiger partial charge on any atom is 0.122 e. The molecule has 0 saturated heterocycles. The van der Waals surface area contributed by atoms with Gasteiger partial charge in [0, 0.05) is 0 Å². The monoisotopic (exact) mass is 286 g/mol. The molecule has 0 heterocycles. The smallest absolute Gasteiger partial charge is 0.122 e. The number of ether oxygens (including phenoxy) is 1. The van der Waals surface area contributed by atoms with Gasteiger partial charge in [-0.2, -0.15) is 0 Å². The Balaban J connectivity index is 3.22. The van der Waals surface area contributed by atoms with Gasteiger partial charge in [-0.1, -0.05) is 46.4 Å². The molecule has 0 fully saturated rings. The van der Waals surface area contributed by atoms with E-state index in [2.05, 4.69) is 34.3 Å². The Labute approximate surface area is 128 Å². The van der Waals surface area contributed by atoms with Crippen LogP contribution in [0.3, 0.4) is 0 Å². The van der Waals surface area contributed by atoms with Crippen molar-refractivity contribution < 1.29 is 9.84 Å². The highest BCUT2D eigenvalue weighted by Gasteiger charge is 2.14. The normalized spacial score (nSPS) is 12.4. The van der Waals surface area contributed by atoms with Crippen molar-refractivity contribution in [1.29, 1.82) is 0 Å². The van der Waals surface area contributed by atoms with E-state index in [-0.39, 0.29) is 11.8 Å². The highest BCUT2D eigenvalue weighted by molar-refractivity contribution is 5.58. The lowest BCUT2D eigenvalue weighted by molar-refractivity contribution is 0.307. The summed E-state index contributed by atoms with van der Waals surface area (Å²) in [5, 5.41) is 10.4. The number of hydrogen-bond donors (Lipinski definition) is 1. The van der Waals surface area contributed by atoms with Crippen LogP contribution < -0.4 is 0 Å². The summed E-state index contributed by atoms with van der Waals surface area (Å²) in [4.78, 5) is 0. The Morgan fingerprint density at radius 1 is 1.14 bits per heavy atom. The highest BCUT2D eigenvalue weighted by atomic mass is 16.5. The van der Waals surface area contributed by atoms with E-state index in [0.29, 0.717) is 5.75 Å². The lowest BCUT2D eigenvalue weighted by Crippen LogP contribution is -1.96. The topological polar surface area (TPSA) is 29.5 Å². The van der Waals surface area contributed by atoms with Crippen molar-refractivity contribution in [3.05, 3.63) is 59.4 Å². The van der Waals surface area contributed by atoms with E-state index in [1.807, 2.05) is 30.4 Å². The fourth-order valence-corrected chi connectivity index (χ4v) is 2.15. The second-order valence-electron chi connectivity index (χ2n) is 5.69. The zero-order valence-corrected chi connectivity index (χ0v) is 13.7. The lowest BCUT2D eigenvalue weighted by Gasteiger charge is -2.16. The summed E-state index contributed by atoms with van der Waals surface area (Å²) < 4.78 is 5.13. The van der Waals surface area contributed by atoms with E-state index in [0.717, 1.165) is 22.4 Å². The van der Waals surface area contributed by atoms with Gasteiger partial charge in [0.15, 0.2) is 0 Å². The third kappa shape index (κ3) is 4.52. The zero-order chi connectivity index (χ0) is 16.0. The molecule has 0 unspecified atom stereocenters. The molecule has 2 nitrogen and oxygen atoms in total. The van der Waals surface area contributed by atoms with E-state index in [4.69, 9.17) is 4.74 Å². The van der Waals surface area contributed by atoms with Gasteiger partial charge >= 0.3 is 0 Å². The van der Waals surface area contributed by atoms with Gasteiger partial charge in [-0.25, -0.2) is 0 Å². The summed E-state index contributed by atoms with van der Waals surface area (Å²) in [5.74, 6) is 1.72. The molecule has 0 spiro atoms. The van der Waals surface area contributed by atoms with Crippen LogP contribution in [0.5, 0.6) is 5.75 Å². The van der Waals surface area contributed by atoms with Crippen molar-refractivity contribution in [1.82, 2.24) is 0 Å². The number of rotatable bonds is 6. The summed E-state index contributed by atoms with van der Waals surface area (Å²) in [5.41, 5.74) is 3.05. The van der Waals surface area contributed by atoms with Crippen LogP contribution in [0.4, 0.5) is 0 Å². The van der Waals surface area contributed by atoms with Gasteiger partial charge in [0.25, 0.3) is 0 Å². The van der Waals surface area contributed by atoms with Crippen LogP contribution in [0, 0.1) is 0 Å². The number of aromatic hydroxyl groups is 1. The minimum atomic E-state index is 0.286. The Morgan fingerprint density at radius 2 is 1.67 bits per heavy atom. The molecule has 0 aliphatic rings. The first-order chi connectivity index (χ1) is 9.90. The van der Waals surface area contributed by atoms with Crippen molar-refractivity contribution in [2.75, 3.05) is 7.11 Å². The second kappa shape index (κ2) is 7.72. The molecular formula is C19H26O2. The Bertz CT molecular complexity index is 520. The number of phenolic OH excluding ortho intramolecular Hbond substituents is 1. The third-order valence-corrected chi connectivity index (χ3v) is 3.42. The quantitative estimate of drug-likeness (QED) is 0.563. The van der Waals surface area contributed by atoms with Gasteiger partial charge in [-0.3, -0.25) is 0 Å². The maximum absolute atomic E-state index is 10.4. The maximum atomic E-state index is 10.4. The van der Waals surface area contributed by atoms with Gasteiger partial charge in [-0.15, -0.1) is 0 Å². The molecule has 1 N–H and O–H groups in total. The van der Waals surface area contributed by atoms with Gasteiger partial charge in [0.05, 0.1) is 7.11 Å². The molecular weight excluding hydrogens is 260 g/mol. The third-order valence-electron chi connectivity index (χ3n) is 3.42. The lowest BCUT2D eigenvalue weighted by atomic mass is 9.91. The van der Waals surface area contributed by atoms with Crippen LogP contribution >= 0.6 is 0 Å². The zero-order valence-electron chi connectivity index (χ0n) is 13.7. The van der Waals surface area contributed by atoms with Gasteiger partial charge in [0.1, 0.15) is 11.5 Å². The first-order valence-corrected chi connectivity index (χ1v) is 7.32. The van der Waals surface area contributed by atoms with Crippen molar-refractivity contribution in [3.63, 3.8) is 0 Å². The van der Waals surface area contributed by atoms with Crippen LogP contribution in [0.2, 0.25) is 0 Å². The predicted octanol–water partition coefficient (Wildman–Crippen LogP) is 5.37. The fraction of sp³-hybridized carbons (Fsp3) is 0.368. The average molecular weight is 286 g/mol. The molecule has 114 valence electrons. The molecule has 2 heteroatoms. The number of allylic oxidation sites excluding steroid dienone is 3. The number of benzene rings is 1. The minimum Gasteiger partial charge on any atom is -0.507 e. The van der Waals surface area contributed by atoms with Crippen LogP contribution in [0.15, 0.2) is 42.7 Å². The largest absolute Gasteiger partial charge is 0.507 e. The van der Waals surface area contributed by atoms with Gasteiger partial charge in [0.2, 0.25) is 0 Å². The molecule has 0 amide bonds. The average Bonchev–Trinajstić information content (AvgIpc) is 2.44. The van der Waals surface area contributed by atoms with E-state index in [1.165, 1.54) is 0 Å². The standard InChI is InChI=1S/C19H26O2/c1-7-16(21-6)10-8-9-15-11-17(13(2)3)19(20)18(12-15)14(4)5/h7-14,20H,1H2,2-6H3/b9-8+,16-10+. The van der Waals surface area contributed by atoms with Crippen LogP contribution in [0.1, 0.15) is 56.2 Å². The number of methoxy groups -OCH3 is 1. The Kier molecular flexibility index (Phi) is 6.29. The van der Waals surface area contributed by atoms with Gasteiger partial charge in [-0.05, 0) is 52.8 Å². The van der Waals surface area contributed by atoms with Crippen LogP contribution in [-0.4, -0.2) is 12.2 Å². The summed E-state index contributed by atoms with van der Waals surface area (Å²) in [7, 11) is 1.62. The van der Waals surface area contributed by atoms with Gasteiger partial charge < -0.3 is 9.84 Å². The molecule has 0 aliphatic carbocycles. The first kappa shape index (κ1) is 17.1. The van der Waals surface area contributed by atoms with Crippen molar-refractivity contribution in [2.24, 2.45) is 0 Å². The number of phenols is 1. The predicted molar refractivity (Wildman–Crippen MR) is 90.6 cm³/mol. The molecule has 0 aromatic heterocycles.